The topological polar surface area (TPSA) is 38.1 Å². The summed E-state index contributed by atoms with van der Waals surface area (Å²) in [4.78, 5) is 5.78. The van der Waals surface area contributed by atoms with Crippen LogP contribution in [0, 0.1) is 13.8 Å². The molecular formula is C12H16N2OS. The van der Waals surface area contributed by atoms with E-state index in [1.54, 1.807) is 17.6 Å². The van der Waals surface area contributed by atoms with Crippen molar-refractivity contribution >= 4 is 11.3 Å². The van der Waals surface area contributed by atoms with Gasteiger partial charge in [-0.25, -0.2) is 4.98 Å². The van der Waals surface area contributed by atoms with Crippen molar-refractivity contribution < 1.29 is 4.42 Å². The summed E-state index contributed by atoms with van der Waals surface area (Å²) in [5.74, 6) is 0.963. The first-order valence-corrected chi connectivity index (χ1v) is 6.18. The Bertz CT molecular complexity index is 448. The zero-order valence-corrected chi connectivity index (χ0v) is 10.6. The monoisotopic (exact) mass is 236 g/mol. The van der Waals surface area contributed by atoms with Crippen molar-refractivity contribution in [1.29, 1.82) is 0 Å². The highest BCUT2D eigenvalue weighted by Crippen LogP contribution is 2.18. The smallest absolute Gasteiger partial charge is 0.120 e. The lowest BCUT2D eigenvalue weighted by atomic mass is 10.2. The second-order valence-electron chi connectivity index (χ2n) is 3.85. The summed E-state index contributed by atoms with van der Waals surface area (Å²) in [6.07, 6.45) is 1.70. The summed E-state index contributed by atoms with van der Waals surface area (Å²) in [5.41, 5.74) is 1.14. The Morgan fingerprint density at radius 3 is 2.88 bits per heavy atom. The van der Waals surface area contributed by atoms with Crippen LogP contribution in [0.5, 0.6) is 0 Å². The summed E-state index contributed by atoms with van der Waals surface area (Å²) in [7, 11) is 0. The van der Waals surface area contributed by atoms with Crippen LogP contribution in [0.25, 0.3) is 0 Å². The fourth-order valence-electron chi connectivity index (χ4n) is 1.62. The normalized spacial score (nSPS) is 12.9. The highest BCUT2D eigenvalue weighted by atomic mass is 32.1. The van der Waals surface area contributed by atoms with E-state index in [-0.39, 0.29) is 6.04 Å². The molecule has 1 N–H and O–H groups in total. The molecule has 1 atom stereocenters. The lowest BCUT2D eigenvalue weighted by molar-refractivity contribution is 0.428. The Hall–Kier alpha value is -1.13. The molecule has 0 amide bonds. The molecule has 2 aromatic heterocycles. The minimum absolute atomic E-state index is 0.219. The van der Waals surface area contributed by atoms with Crippen LogP contribution in [-0.4, -0.2) is 4.98 Å². The highest BCUT2D eigenvalue weighted by Gasteiger charge is 2.10. The predicted molar refractivity (Wildman–Crippen MR) is 65.6 cm³/mol. The van der Waals surface area contributed by atoms with Gasteiger partial charge in [-0.2, -0.15) is 0 Å². The first-order chi connectivity index (χ1) is 7.66. The van der Waals surface area contributed by atoms with E-state index in [9.17, 15) is 0 Å². The molecule has 0 saturated carbocycles. The van der Waals surface area contributed by atoms with Gasteiger partial charge in [0.15, 0.2) is 0 Å². The van der Waals surface area contributed by atoms with Crippen LogP contribution >= 0.6 is 11.3 Å². The van der Waals surface area contributed by atoms with E-state index < -0.39 is 0 Å². The number of furan rings is 1. The Labute approximate surface area is 99.5 Å². The number of aromatic nitrogens is 1. The SMILES string of the molecule is Cc1nc(CNC(C)c2ccco2)c(C)s1. The summed E-state index contributed by atoms with van der Waals surface area (Å²) in [6.45, 7) is 7.03. The molecule has 1 unspecified atom stereocenters. The average molecular weight is 236 g/mol. The summed E-state index contributed by atoms with van der Waals surface area (Å²) < 4.78 is 5.34. The van der Waals surface area contributed by atoms with E-state index in [4.69, 9.17) is 4.42 Å². The zero-order valence-electron chi connectivity index (χ0n) is 9.78. The maximum Gasteiger partial charge on any atom is 0.120 e. The van der Waals surface area contributed by atoms with Crippen LogP contribution in [0.15, 0.2) is 22.8 Å². The zero-order chi connectivity index (χ0) is 11.5. The molecule has 0 aliphatic carbocycles. The van der Waals surface area contributed by atoms with Crippen LogP contribution < -0.4 is 5.32 Å². The fourth-order valence-corrected chi connectivity index (χ4v) is 2.46. The molecule has 0 radical (unpaired) electrons. The Morgan fingerprint density at radius 1 is 1.50 bits per heavy atom. The van der Waals surface area contributed by atoms with Crippen molar-refractivity contribution in [2.75, 3.05) is 0 Å². The van der Waals surface area contributed by atoms with Crippen molar-refractivity contribution in [2.45, 2.75) is 33.4 Å². The molecule has 3 nitrogen and oxygen atoms in total. The van der Waals surface area contributed by atoms with Gasteiger partial charge >= 0.3 is 0 Å². The number of hydrogen-bond donors (Lipinski definition) is 1. The largest absolute Gasteiger partial charge is 0.468 e. The Morgan fingerprint density at radius 2 is 2.31 bits per heavy atom. The maximum absolute atomic E-state index is 5.34. The second kappa shape index (κ2) is 4.80. The second-order valence-corrected chi connectivity index (χ2v) is 5.26. The molecule has 2 heterocycles. The Kier molecular flexibility index (Phi) is 3.41. The molecule has 0 spiro atoms. The van der Waals surface area contributed by atoms with Gasteiger partial charge in [-0.1, -0.05) is 0 Å². The van der Waals surface area contributed by atoms with Crippen LogP contribution in [0.4, 0.5) is 0 Å². The molecule has 2 rings (SSSR count). The highest BCUT2D eigenvalue weighted by molar-refractivity contribution is 7.11. The molecule has 0 fully saturated rings. The van der Waals surface area contributed by atoms with E-state index in [0.717, 1.165) is 23.0 Å². The van der Waals surface area contributed by atoms with Gasteiger partial charge in [0.05, 0.1) is 23.0 Å². The maximum atomic E-state index is 5.34. The number of rotatable bonds is 4. The van der Waals surface area contributed by atoms with Crippen molar-refractivity contribution in [2.24, 2.45) is 0 Å². The van der Waals surface area contributed by atoms with Crippen LogP contribution in [-0.2, 0) is 6.54 Å². The van der Waals surface area contributed by atoms with Crippen molar-refractivity contribution in [3.63, 3.8) is 0 Å². The van der Waals surface area contributed by atoms with Gasteiger partial charge in [0.25, 0.3) is 0 Å². The van der Waals surface area contributed by atoms with E-state index >= 15 is 0 Å². The molecule has 0 bridgehead atoms. The third-order valence-corrected chi connectivity index (χ3v) is 3.47. The number of nitrogens with one attached hydrogen (secondary N) is 1. The number of aryl methyl sites for hydroxylation is 2. The lowest BCUT2D eigenvalue weighted by Crippen LogP contribution is -2.18. The van der Waals surface area contributed by atoms with Crippen molar-refractivity contribution in [3.8, 4) is 0 Å². The Balaban J connectivity index is 1.95. The minimum Gasteiger partial charge on any atom is -0.468 e. The van der Waals surface area contributed by atoms with Crippen LogP contribution in [0.2, 0.25) is 0 Å². The van der Waals surface area contributed by atoms with E-state index in [2.05, 4.69) is 24.1 Å². The third kappa shape index (κ3) is 2.51. The predicted octanol–water partition coefficient (Wildman–Crippen LogP) is 3.20. The fraction of sp³-hybridized carbons (Fsp3) is 0.417. The minimum atomic E-state index is 0.219. The first kappa shape index (κ1) is 11.4. The van der Waals surface area contributed by atoms with Gasteiger partial charge in [0.2, 0.25) is 0 Å². The van der Waals surface area contributed by atoms with E-state index in [1.807, 2.05) is 19.1 Å². The van der Waals surface area contributed by atoms with Gasteiger partial charge in [-0.15, -0.1) is 11.3 Å². The van der Waals surface area contributed by atoms with Crippen LogP contribution in [0.1, 0.15) is 34.3 Å². The summed E-state index contributed by atoms with van der Waals surface area (Å²) in [5, 5.41) is 4.53. The first-order valence-electron chi connectivity index (χ1n) is 5.36. The van der Waals surface area contributed by atoms with Gasteiger partial charge in [0, 0.05) is 11.4 Å². The summed E-state index contributed by atoms with van der Waals surface area (Å²) in [6, 6.07) is 4.11. The number of hydrogen-bond acceptors (Lipinski definition) is 4. The van der Waals surface area contributed by atoms with Gasteiger partial charge < -0.3 is 9.73 Å². The number of thiazole rings is 1. The van der Waals surface area contributed by atoms with Gasteiger partial charge in [-0.05, 0) is 32.9 Å². The molecule has 0 saturated heterocycles. The van der Waals surface area contributed by atoms with Crippen LogP contribution in [0.3, 0.4) is 0 Å². The van der Waals surface area contributed by atoms with Gasteiger partial charge in [0.1, 0.15) is 5.76 Å². The molecular weight excluding hydrogens is 220 g/mol. The standard InChI is InChI=1S/C12H16N2OS/c1-8(12-5-4-6-15-12)13-7-11-9(2)16-10(3)14-11/h4-6,8,13H,7H2,1-3H3. The third-order valence-electron chi connectivity index (χ3n) is 2.55. The molecule has 2 aromatic rings. The quantitative estimate of drug-likeness (QED) is 0.885. The molecule has 0 aliphatic heterocycles. The van der Waals surface area contributed by atoms with Crippen molar-refractivity contribution in [1.82, 2.24) is 10.3 Å². The average Bonchev–Trinajstić information content (AvgIpc) is 2.84. The van der Waals surface area contributed by atoms with E-state index in [1.165, 1.54) is 4.88 Å². The molecule has 0 aromatic carbocycles. The molecule has 86 valence electrons. The summed E-state index contributed by atoms with van der Waals surface area (Å²) >= 11 is 1.74. The molecule has 16 heavy (non-hydrogen) atoms. The molecule has 0 aliphatic rings. The van der Waals surface area contributed by atoms with Crippen molar-refractivity contribution in [3.05, 3.63) is 39.7 Å². The van der Waals surface area contributed by atoms with Gasteiger partial charge in [-0.3, -0.25) is 0 Å². The van der Waals surface area contributed by atoms with E-state index in [0.29, 0.717) is 0 Å². The lowest BCUT2D eigenvalue weighted by Gasteiger charge is -2.10. The molecule has 4 heteroatoms. The number of nitrogens with zero attached hydrogens (tertiary/aromatic N) is 1.